The molecule has 0 N–H and O–H groups in total. The number of para-hydroxylation sites is 1. The molecule has 9 aromatic carbocycles. The lowest BCUT2D eigenvalue weighted by molar-refractivity contribution is 0.472. The number of fused-ring (bicyclic) bond motifs is 12. The second kappa shape index (κ2) is 10.7. The van der Waals surface area contributed by atoms with Gasteiger partial charge < -0.3 is 4.74 Å². The Labute approximate surface area is 330 Å². The van der Waals surface area contributed by atoms with Crippen LogP contribution in [0.25, 0.3) is 71.3 Å². The summed E-state index contributed by atoms with van der Waals surface area (Å²) in [4.78, 5) is 0. The molecular formula is C56H34O. The van der Waals surface area contributed by atoms with E-state index < -0.39 is 0 Å². The average molecular weight is 723 g/mol. The van der Waals surface area contributed by atoms with Crippen LogP contribution >= 0.6 is 0 Å². The van der Waals surface area contributed by atoms with Crippen LogP contribution in [0.3, 0.4) is 0 Å². The molecule has 4 aliphatic carbocycles. The molecule has 5 aliphatic rings. The van der Waals surface area contributed by atoms with Gasteiger partial charge in [0.15, 0.2) is 0 Å². The number of hydrogen-bond acceptors (Lipinski definition) is 1. The van der Waals surface area contributed by atoms with E-state index in [0.29, 0.717) is 5.92 Å². The lowest BCUT2D eigenvalue weighted by atomic mass is 9.59. The van der Waals surface area contributed by atoms with E-state index in [4.69, 9.17) is 4.74 Å². The zero-order valence-electron chi connectivity index (χ0n) is 31.1. The van der Waals surface area contributed by atoms with Crippen molar-refractivity contribution < 1.29 is 4.74 Å². The molecule has 0 amide bonds. The summed E-state index contributed by atoms with van der Waals surface area (Å²) in [6.07, 6.45) is 5.96. The fourth-order valence-corrected chi connectivity index (χ4v) is 11.9. The van der Waals surface area contributed by atoms with Crippen LogP contribution in [0.5, 0.6) is 11.5 Å². The van der Waals surface area contributed by atoms with Crippen LogP contribution < -0.4 is 4.74 Å². The number of ether oxygens (including phenoxy) is 1. The molecule has 0 radical (unpaired) electrons. The van der Waals surface area contributed by atoms with Gasteiger partial charge in [0.2, 0.25) is 0 Å². The normalized spacial score (nSPS) is 19.9. The van der Waals surface area contributed by atoms with Crippen LogP contribution in [-0.2, 0) is 5.41 Å². The molecule has 1 spiro atoms. The minimum Gasteiger partial charge on any atom is -0.457 e. The fourth-order valence-electron chi connectivity index (χ4n) is 11.9. The van der Waals surface area contributed by atoms with E-state index in [2.05, 4.69) is 182 Å². The molecule has 0 fully saturated rings. The molecular weight excluding hydrogens is 689 g/mol. The summed E-state index contributed by atoms with van der Waals surface area (Å²) in [7, 11) is 0. The van der Waals surface area contributed by atoms with Gasteiger partial charge in [-0.1, -0.05) is 152 Å². The Hall–Kier alpha value is -6.96. The van der Waals surface area contributed by atoms with Crippen molar-refractivity contribution in [3.63, 3.8) is 0 Å². The molecule has 264 valence electrons. The second-order valence-corrected chi connectivity index (χ2v) is 16.6. The summed E-state index contributed by atoms with van der Waals surface area (Å²) in [5.74, 6) is 2.56. The predicted octanol–water partition coefficient (Wildman–Crippen LogP) is 14.5. The zero-order valence-corrected chi connectivity index (χ0v) is 31.1. The van der Waals surface area contributed by atoms with E-state index in [1.54, 1.807) is 5.57 Å². The minimum absolute atomic E-state index is 0.249. The third-order valence-corrected chi connectivity index (χ3v) is 14.2. The van der Waals surface area contributed by atoms with Crippen molar-refractivity contribution in [2.24, 2.45) is 0 Å². The molecule has 3 unspecified atom stereocenters. The smallest absolute Gasteiger partial charge is 0.131 e. The number of benzene rings is 9. The van der Waals surface area contributed by atoms with Crippen LogP contribution in [0, 0.1) is 0 Å². The molecule has 0 aromatic heterocycles. The lowest BCUT2D eigenvalue weighted by Gasteiger charge is -2.42. The number of hydrogen-bond donors (Lipinski definition) is 0. The molecule has 0 saturated heterocycles. The maximum Gasteiger partial charge on any atom is 0.131 e. The van der Waals surface area contributed by atoms with Crippen molar-refractivity contribution in [3.05, 3.63) is 221 Å². The summed E-state index contributed by atoms with van der Waals surface area (Å²) in [6, 6.07) is 63.7. The quantitative estimate of drug-likeness (QED) is 0.161. The van der Waals surface area contributed by atoms with Gasteiger partial charge in [-0.15, -0.1) is 0 Å². The first-order valence-electron chi connectivity index (χ1n) is 20.3. The highest BCUT2D eigenvalue weighted by Gasteiger charge is 2.59. The monoisotopic (exact) mass is 722 g/mol. The van der Waals surface area contributed by atoms with Crippen molar-refractivity contribution in [2.75, 3.05) is 0 Å². The Morgan fingerprint density at radius 1 is 0.456 bits per heavy atom. The molecule has 14 rings (SSSR count). The molecule has 9 aromatic rings. The van der Waals surface area contributed by atoms with Crippen LogP contribution in [0.15, 0.2) is 188 Å². The van der Waals surface area contributed by atoms with E-state index in [9.17, 15) is 0 Å². The standard InChI is InChI=1S/C56H34O/c1-2-14-38-36(12-1)37-13-3-4-15-39(37)47-29-34(20-22-40(38)47)32-10-9-11-33(28-32)35-21-23-44-46-26-27-53-54-48-31-51-43(25-24-41(48)45-17-6-8-19-52(45)57-53)42-16-5-7-18-49(42)56(51,55(46)54)50(44)30-35/h1-30,41,48H,31H2. The van der Waals surface area contributed by atoms with Crippen molar-refractivity contribution >= 4 is 37.9 Å². The SMILES string of the molecule is C1=CC2c3ccccc3Oc3ccc4c5c3C2CC2=C1c1ccccc1C25c1cc(-c2cccc(-c3ccc5c6ccccc6c6ccccc6c5c3)c2)ccc1-4. The van der Waals surface area contributed by atoms with Gasteiger partial charge in [0, 0.05) is 23.0 Å². The number of rotatable bonds is 2. The van der Waals surface area contributed by atoms with Crippen LogP contribution in [0.2, 0.25) is 0 Å². The fraction of sp³-hybridized carbons (Fsp3) is 0.0714. The van der Waals surface area contributed by atoms with E-state index in [1.165, 1.54) is 105 Å². The van der Waals surface area contributed by atoms with Gasteiger partial charge in [0.25, 0.3) is 0 Å². The first-order chi connectivity index (χ1) is 28.3. The topological polar surface area (TPSA) is 9.23 Å². The average Bonchev–Trinajstić information content (AvgIpc) is 3.59. The van der Waals surface area contributed by atoms with Crippen molar-refractivity contribution in [1.29, 1.82) is 0 Å². The Balaban J connectivity index is 0.973. The lowest BCUT2D eigenvalue weighted by Crippen LogP contribution is -2.34. The first kappa shape index (κ1) is 30.3. The molecule has 1 nitrogen and oxygen atoms in total. The molecule has 0 saturated carbocycles. The Morgan fingerprint density at radius 3 is 1.93 bits per heavy atom. The highest BCUT2D eigenvalue weighted by atomic mass is 16.5. The summed E-state index contributed by atoms with van der Waals surface area (Å²) in [6.45, 7) is 0. The van der Waals surface area contributed by atoms with E-state index >= 15 is 0 Å². The first-order valence-corrected chi connectivity index (χ1v) is 20.3. The summed E-state index contributed by atoms with van der Waals surface area (Å²) in [5.41, 5.74) is 18.6. The van der Waals surface area contributed by atoms with Crippen LogP contribution in [-0.4, -0.2) is 0 Å². The third-order valence-electron chi connectivity index (χ3n) is 14.2. The molecule has 1 heteroatoms. The van der Waals surface area contributed by atoms with Crippen molar-refractivity contribution in [1.82, 2.24) is 0 Å². The largest absolute Gasteiger partial charge is 0.457 e. The molecule has 3 atom stereocenters. The molecule has 57 heavy (non-hydrogen) atoms. The van der Waals surface area contributed by atoms with E-state index in [0.717, 1.165) is 17.9 Å². The van der Waals surface area contributed by atoms with Gasteiger partial charge in [-0.3, -0.25) is 0 Å². The summed E-state index contributed by atoms with van der Waals surface area (Å²) < 4.78 is 6.93. The highest BCUT2D eigenvalue weighted by molar-refractivity contribution is 6.25. The van der Waals surface area contributed by atoms with Gasteiger partial charge in [-0.05, 0) is 136 Å². The van der Waals surface area contributed by atoms with Crippen LogP contribution in [0.1, 0.15) is 51.6 Å². The number of allylic oxidation sites excluding steroid dienone is 4. The predicted molar refractivity (Wildman–Crippen MR) is 234 cm³/mol. The Kier molecular flexibility index (Phi) is 5.66. The third kappa shape index (κ3) is 3.71. The Bertz CT molecular complexity index is 3340. The Morgan fingerprint density at radius 2 is 1.11 bits per heavy atom. The van der Waals surface area contributed by atoms with Crippen molar-refractivity contribution in [3.8, 4) is 44.9 Å². The van der Waals surface area contributed by atoms with Gasteiger partial charge in [0.05, 0.1) is 5.41 Å². The van der Waals surface area contributed by atoms with Gasteiger partial charge in [-0.2, -0.15) is 0 Å². The van der Waals surface area contributed by atoms with Crippen molar-refractivity contribution in [2.45, 2.75) is 23.7 Å². The van der Waals surface area contributed by atoms with Gasteiger partial charge in [0.1, 0.15) is 11.5 Å². The molecule has 1 heterocycles. The molecule has 1 aliphatic heterocycles. The van der Waals surface area contributed by atoms with Gasteiger partial charge >= 0.3 is 0 Å². The second-order valence-electron chi connectivity index (χ2n) is 16.6. The zero-order chi connectivity index (χ0) is 37.0. The minimum atomic E-state index is -0.354. The summed E-state index contributed by atoms with van der Waals surface area (Å²) in [5, 5.41) is 7.81. The highest BCUT2D eigenvalue weighted by Crippen LogP contribution is 2.71. The van der Waals surface area contributed by atoms with E-state index in [-0.39, 0.29) is 11.3 Å². The maximum atomic E-state index is 6.93. The summed E-state index contributed by atoms with van der Waals surface area (Å²) >= 11 is 0. The van der Waals surface area contributed by atoms with Crippen LogP contribution in [0.4, 0.5) is 0 Å². The van der Waals surface area contributed by atoms with Gasteiger partial charge in [-0.25, -0.2) is 0 Å². The maximum absolute atomic E-state index is 6.93. The molecule has 2 bridgehead atoms. The van der Waals surface area contributed by atoms with E-state index in [1.807, 2.05) is 0 Å².